The van der Waals surface area contributed by atoms with E-state index in [9.17, 15) is 4.79 Å². The first-order valence-corrected chi connectivity index (χ1v) is 6.80. The second-order valence-corrected chi connectivity index (χ2v) is 5.30. The maximum Gasteiger partial charge on any atom is 0.267 e. The smallest absolute Gasteiger partial charge is 0.267 e. The summed E-state index contributed by atoms with van der Waals surface area (Å²) in [6.45, 7) is 3.40. The summed E-state index contributed by atoms with van der Waals surface area (Å²) < 4.78 is 5.79. The lowest BCUT2D eigenvalue weighted by molar-refractivity contribution is -0.0462. The molecular formula is C13H20N4O2. The maximum absolute atomic E-state index is 11.9. The zero-order chi connectivity index (χ0) is 13.2. The molecule has 0 spiro atoms. The van der Waals surface area contributed by atoms with Crippen LogP contribution in [-0.2, 0) is 4.74 Å². The monoisotopic (exact) mass is 264 g/mol. The summed E-state index contributed by atoms with van der Waals surface area (Å²) in [6, 6.07) is 2.23. The van der Waals surface area contributed by atoms with E-state index in [-0.39, 0.29) is 12.0 Å². The topological polar surface area (TPSA) is 83.4 Å². The molecule has 1 amide bonds. The Bertz CT molecular complexity index is 459. The van der Waals surface area contributed by atoms with Crippen LogP contribution in [0.4, 0.5) is 5.69 Å². The zero-order valence-electron chi connectivity index (χ0n) is 10.9. The Morgan fingerprint density at radius 1 is 1.63 bits per heavy atom. The highest BCUT2D eigenvalue weighted by Gasteiger charge is 2.32. The molecule has 0 aliphatic carbocycles. The molecule has 2 atom stereocenters. The van der Waals surface area contributed by atoms with Gasteiger partial charge < -0.3 is 20.8 Å². The van der Waals surface area contributed by atoms with Crippen molar-refractivity contribution >= 4 is 11.6 Å². The van der Waals surface area contributed by atoms with Gasteiger partial charge in [0, 0.05) is 31.0 Å². The van der Waals surface area contributed by atoms with Crippen LogP contribution in [0.25, 0.3) is 0 Å². The van der Waals surface area contributed by atoms with Gasteiger partial charge in [-0.1, -0.05) is 0 Å². The molecule has 3 heterocycles. The van der Waals surface area contributed by atoms with Crippen molar-refractivity contribution in [2.75, 3.05) is 32.0 Å². The van der Waals surface area contributed by atoms with Crippen LogP contribution in [0.3, 0.4) is 0 Å². The van der Waals surface area contributed by atoms with Gasteiger partial charge in [0.1, 0.15) is 5.69 Å². The number of hydrogen-bond donors (Lipinski definition) is 3. The molecule has 2 fully saturated rings. The number of amides is 1. The van der Waals surface area contributed by atoms with Gasteiger partial charge in [0.05, 0.1) is 12.7 Å². The molecule has 2 aliphatic heterocycles. The van der Waals surface area contributed by atoms with E-state index < -0.39 is 0 Å². The van der Waals surface area contributed by atoms with E-state index in [4.69, 9.17) is 10.5 Å². The lowest BCUT2D eigenvalue weighted by Gasteiger charge is -2.35. The minimum Gasteiger partial charge on any atom is -0.397 e. The number of fused-ring (bicyclic) bond motifs is 1. The van der Waals surface area contributed by atoms with E-state index in [0.717, 1.165) is 19.7 Å². The number of aromatic amines is 1. The number of ether oxygens (including phenoxy) is 1. The van der Waals surface area contributed by atoms with E-state index in [1.807, 2.05) is 0 Å². The molecule has 3 rings (SSSR count). The average molecular weight is 264 g/mol. The van der Waals surface area contributed by atoms with E-state index in [2.05, 4.69) is 15.2 Å². The van der Waals surface area contributed by atoms with Crippen molar-refractivity contribution in [2.45, 2.75) is 25.0 Å². The molecule has 1 aromatic heterocycles. The molecule has 2 saturated heterocycles. The van der Waals surface area contributed by atoms with Crippen LogP contribution >= 0.6 is 0 Å². The zero-order valence-corrected chi connectivity index (χ0v) is 10.9. The standard InChI is InChI=1S/C13H20N4O2/c14-9-4-12(15-5-9)13(18)16-6-11-7-17-3-1-2-10(17)8-19-11/h4-5,10-11,15H,1-3,6-8,14H2,(H,16,18). The fraction of sp³-hybridized carbons (Fsp3) is 0.615. The molecule has 2 aliphatic rings. The number of carbonyl (C=O) groups is 1. The number of nitrogen functional groups attached to an aromatic ring is 1. The number of anilines is 1. The summed E-state index contributed by atoms with van der Waals surface area (Å²) >= 11 is 0. The SMILES string of the molecule is Nc1c[nH]c(C(=O)NCC2CN3CCCC3CO2)c1. The molecule has 4 N–H and O–H groups in total. The van der Waals surface area contributed by atoms with Crippen molar-refractivity contribution in [3.05, 3.63) is 18.0 Å². The van der Waals surface area contributed by atoms with Crippen molar-refractivity contribution in [3.63, 3.8) is 0 Å². The van der Waals surface area contributed by atoms with E-state index in [0.29, 0.717) is 24.0 Å². The van der Waals surface area contributed by atoms with Gasteiger partial charge in [0.15, 0.2) is 0 Å². The van der Waals surface area contributed by atoms with Gasteiger partial charge in [-0.05, 0) is 25.5 Å². The maximum atomic E-state index is 11.9. The second kappa shape index (κ2) is 5.22. The molecule has 19 heavy (non-hydrogen) atoms. The van der Waals surface area contributed by atoms with E-state index in [1.54, 1.807) is 12.3 Å². The normalized spacial score (nSPS) is 27.2. The molecule has 6 heteroatoms. The lowest BCUT2D eigenvalue weighted by atomic mass is 10.2. The Morgan fingerprint density at radius 3 is 3.32 bits per heavy atom. The number of morpholine rings is 1. The Labute approximate surface area is 112 Å². The summed E-state index contributed by atoms with van der Waals surface area (Å²) in [4.78, 5) is 17.2. The number of aromatic nitrogens is 1. The first-order chi connectivity index (χ1) is 9.22. The molecule has 6 nitrogen and oxygen atoms in total. The van der Waals surface area contributed by atoms with Crippen molar-refractivity contribution < 1.29 is 9.53 Å². The van der Waals surface area contributed by atoms with Gasteiger partial charge in [-0.25, -0.2) is 0 Å². The minimum atomic E-state index is -0.135. The van der Waals surface area contributed by atoms with Crippen LogP contribution in [0.2, 0.25) is 0 Å². The van der Waals surface area contributed by atoms with Crippen molar-refractivity contribution in [1.82, 2.24) is 15.2 Å². The van der Waals surface area contributed by atoms with Crippen LogP contribution in [0.15, 0.2) is 12.3 Å². The van der Waals surface area contributed by atoms with Gasteiger partial charge in [-0.2, -0.15) is 0 Å². The quantitative estimate of drug-likeness (QED) is 0.728. The number of rotatable bonds is 3. The lowest BCUT2D eigenvalue weighted by Crippen LogP contribution is -2.50. The van der Waals surface area contributed by atoms with Crippen LogP contribution in [0.5, 0.6) is 0 Å². The Balaban J connectivity index is 1.48. The first-order valence-electron chi connectivity index (χ1n) is 6.80. The summed E-state index contributed by atoms with van der Waals surface area (Å²) in [7, 11) is 0. The third-order valence-corrected chi connectivity index (χ3v) is 3.90. The Hall–Kier alpha value is -1.53. The molecule has 104 valence electrons. The molecule has 0 bridgehead atoms. The van der Waals surface area contributed by atoms with Crippen molar-refractivity contribution in [1.29, 1.82) is 0 Å². The van der Waals surface area contributed by atoms with Crippen LogP contribution in [0, 0.1) is 0 Å². The Morgan fingerprint density at radius 2 is 2.53 bits per heavy atom. The fourth-order valence-electron chi connectivity index (χ4n) is 2.85. The second-order valence-electron chi connectivity index (χ2n) is 5.30. The minimum absolute atomic E-state index is 0.0885. The highest BCUT2D eigenvalue weighted by molar-refractivity contribution is 5.93. The molecule has 1 aromatic rings. The predicted molar refractivity (Wildman–Crippen MR) is 71.9 cm³/mol. The largest absolute Gasteiger partial charge is 0.397 e. The summed E-state index contributed by atoms with van der Waals surface area (Å²) in [5, 5.41) is 2.88. The van der Waals surface area contributed by atoms with Gasteiger partial charge in [0.2, 0.25) is 0 Å². The number of nitrogens with two attached hydrogens (primary N) is 1. The Kier molecular flexibility index (Phi) is 3.44. The number of carbonyl (C=O) groups excluding carboxylic acids is 1. The average Bonchev–Trinajstić information content (AvgIpc) is 3.03. The number of H-pyrrole nitrogens is 1. The predicted octanol–water partition coefficient (Wildman–Crippen LogP) is 0.190. The van der Waals surface area contributed by atoms with Gasteiger partial charge in [-0.15, -0.1) is 0 Å². The van der Waals surface area contributed by atoms with Crippen LogP contribution in [-0.4, -0.2) is 54.2 Å². The molecule has 2 unspecified atom stereocenters. The third-order valence-electron chi connectivity index (χ3n) is 3.90. The van der Waals surface area contributed by atoms with Crippen molar-refractivity contribution in [2.24, 2.45) is 0 Å². The molecular weight excluding hydrogens is 244 g/mol. The third kappa shape index (κ3) is 2.74. The summed E-state index contributed by atoms with van der Waals surface area (Å²) in [5.74, 6) is -0.135. The number of hydrogen-bond acceptors (Lipinski definition) is 4. The van der Waals surface area contributed by atoms with Crippen LogP contribution in [0.1, 0.15) is 23.3 Å². The highest BCUT2D eigenvalue weighted by atomic mass is 16.5. The first kappa shape index (κ1) is 12.5. The van der Waals surface area contributed by atoms with Gasteiger partial charge in [-0.3, -0.25) is 9.69 Å². The van der Waals surface area contributed by atoms with Gasteiger partial charge in [0.25, 0.3) is 5.91 Å². The van der Waals surface area contributed by atoms with E-state index in [1.165, 1.54) is 12.8 Å². The van der Waals surface area contributed by atoms with E-state index >= 15 is 0 Å². The molecule has 0 saturated carbocycles. The fourth-order valence-corrected chi connectivity index (χ4v) is 2.85. The van der Waals surface area contributed by atoms with Crippen LogP contribution < -0.4 is 11.1 Å². The molecule has 0 radical (unpaired) electrons. The number of nitrogens with one attached hydrogen (secondary N) is 2. The number of nitrogens with zero attached hydrogens (tertiary/aromatic N) is 1. The summed E-state index contributed by atoms with van der Waals surface area (Å²) in [6.07, 6.45) is 4.20. The van der Waals surface area contributed by atoms with Gasteiger partial charge >= 0.3 is 0 Å². The summed E-state index contributed by atoms with van der Waals surface area (Å²) in [5.41, 5.74) is 6.63. The molecule has 0 aromatic carbocycles. The van der Waals surface area contributed by atoms with Crippen molar-refractivity contribution in [3.8, 4) is 0 Å². The highest BCUT2D eigenvalue weighted by Crippen LogP contribution is 2.22.